The lowest BCUT2D eigenvalue weighted by Gasteiger charge is -2.09. The molecular weight excluding hydrogens is 325 g/mol. The van der Waals surface area contributed by atoms with Gasteiger partial charge in [-0.15, -0.1) is 0 Å². The van der Waals surface area contributed by atoms with Crippen molar-refractivity contribution in [3.8, 4) is 5.75 Å². The molecule has 0 spiro atoms. The molecule has 0 atom stereocenters. The number of hydrogen-bond donors (Lipinski definition) is 1. The molecule has 0 saturated heterocycles. The molecule has 0 fully saturated rings. The number of rotatable bonds is 6. The Hall–Kier alpha value is -2.89. The van der Waals surface area contributed by atoms with Gasteiger partial charge < -0.3 is 14.8 Å². The summed E-state index contributed by atoms with van der Waals surface area (Å²) in [6.07, 6.45) is 3.22. The van der Waals surface area contributed by atoms with Crippen LogP contribution in [0.1, 0.15) is 17.5 Å². The predicted molar refractivity (Wildman–Crippen MR) is 90.0 cm³/mol. The number of benzene rings is 2. The van der Waals surface area contributed by atoms with Crippen molar-refractivity contribution in [3.63, 3.8) is 0 Å². The van der Waals surface area contributed by atoms with Crippen LogP contribution in [-0.2, 0) is 27.2 Å². The highest BCUT2D eigenvalue weighted by Crippen LogP contribution is 2.24. The van der Waals surface area contributed by atoms with Gasteiger partial charge in [0, 0.05) is 5.69 Å². The number of hydrogen-bond acceptors (Lipinski definition) is 4. The molecule has 1 N–H and O–H groups in total. The van der Waals surface area contributed by atoms with Gasteiger partial charge in [0.2, 0.25) is 0 Å². The Bertz CT molecular complexity index is 791. The Labute approximate surface area is 144 Å². The van der Waals surface area contributed by atoms with E-state index in [-0.39, 0.29) is 5.75 Å². The van der Waals surface area contributed by atoms with E-state index in [1.165, 1.54) is 29.3 Å². The minimum Gasteiger partial charge on any atom is -0.479 e. The van der Waals surface area contributed by atoms with E-state index in [1.54, 1.807) is 6.07 Å². The maximum absolute atomic E-state index is 13.3. The molecule has 6 heteroatoms. The van der Waals surface area contributed by atoms with Crippen LogP contribution >= 0.6 is 0 Å². The Morgan fingerprint density at radius 2 is 1.84 bits per heavy atom. The Balaban J connectivity index is 1.42. The lowest BCUT2D eigenvalue weighted by atomic mass is 10.1. The number of amides is 1. The van der Waals surface area contributed by atoms with Crippen molar-refractivity contribution in [1.29, 1.82) is 0 Å². The molecule has 0 heterocycles. The summed E-state index contributed by atoms with van der Waals surface area (Å²) in [4.78, 5) is 23.4. The van der Waals surface area contributed by atoms with Crippen molar-refractivity contribution in [2.75, 3.05) is 18.5 Å². The van der Waals surface area contributed by atoms with Gasteiger partial charge in [0.25, 0.3) is 5.91 Å². The smallest absolute Gasteiger partial charge is 0.344 e. The molecule has 2 aromatic carbocycles. The summed E-state index contributed by atoms with van der Waals surface area (Å²) in [5.41, 5.74) is 3.24. The highest BCUT2D eigenvalue weighted by Gasteiger charge is 2.13. The van der Waals surface area contributed by atoms with Crippen molar-refractivity contribution in [3.05, 3.63) is 59.4 Å². The summed E-state index contributed by atoms with van der Waals surface area (Å²) in [6, 6.07) is 11.5. The number of esters is 1. The molecule has 0 unspecified atom stereocenters. The molecule has 25 heavy (non-hydrogen) atoms. The topological polar surface area (TPSA) is 64.6 Å². The zero-order valence-corrected chi connectivity index (χ0v) is 13.6. The first kappa shape index (κ1) is 17.0. The number of carbonyl (C=O) groups excluding carboxylic acids is 2. The fraction of sp³-hybridized carbons (Fsp3) is 0.263. The van der Waals surface area contributed by atoms with Crippen LogP contribution < -0.4 is 10.1 Å². The summed E-state index contributed by atoms with van der Waals surface area (Å²) in [6.45, 7) is -0.885. The van der Waals surface area contributed by atoms with Gasteiger partial charge in [0.15, 0.2) is 24.8 Å². The molecule has 0 bridgehead atoms. The van der Waals surface area contributed by atoms with Crippen LogP contribution in [0.4, 0.5) is 10.1 Å². The van der Waals surface area contributed by atoms with Gasteiger partial charge in [-0.25, -0.2) is 9.18 Å². The molecule has 5 nitrogen and oxygen atoms in total. The summed E-state index contributed by atoms with van der Waals surface area (Å²) in [7, 11) is 0. The molecule has 0 aliphatic heterocycles. The van der Waals surface area contributed by atoms with Crippen LogP contribution in [0.5, 0.6) is 5.75 Å². The Morgan fingerprint density at radius 3 is 2.68 bits per heavy atom. The second kappa shape index (κ2) is 7.79. The molecule has 0 radical (unpaired) electrons. The lowest BCUT2D eigenvalue weighted by Crippen LogP contribution is -2.23. The first-order valence-electron chi connectivity index (χ1n) is 8.06. The quantitative estimate of drug-likeness (QED) is 0.819. The highest BCUT2D eigenvalue weighted by molar-refractivity contribution is 5.93. The summed E-state index contributed by atoms with van der Waals surface area (Å²) in [5, 5.41) is 2.69. The number of halogens is 1. The average molecular weight is 343 g/mol. The molecule has 3 rings (SSSR count). The third kappa shape index (κ3) is 4.56. The number of aryl methyl sites for hydroxylation is 2. The zero-order chi connectivity index (χ0) is 17.6. The van der Waals surface area contributed by atoms with Crippen LogP contribution in [-0.4, -0.2) is 25.1 Å². The standard InChI is InChI=1S/C19H18FNO4/c20-16-6-1-2-7-17(16)24-12-19(23)25-11-18(22)21-15-9-8-13-4-3-5-14(13)10-15/h1-2,6-10H,3-5,11-12H2,(H,21,22). The molecule has 0 aromatic heterocycles. The van der Waals surface area contributed by atoms with Gasteiger partial charge in [-0.3, -0.25) is 4.79 Å². The van der Waals surface area contributed by atoms with Crippen LogP contribution in [0.2, 0.25) is 0 Å². The highest BCUT2D eigenvalue weighted by atomic mass is 19.1. The fourth-order valence-corrected chi connectivity index (χ4v) is 2.73. The average Bonchev–Trinajstić information content (AvgIpc) is 3.07. The predicted octanol–water partition coefficient (Wildman–Crippen LogP) is 2.88. The minimum absolute atomic E-state index is 0.0398. The Kier molecular flexibility index (Phi) is 5.28. The third-order valence-corrected chi connectivity index (χ3v) is 3.93. The van der Waals surface area contributed by atoms with Crippen molar-refractivity contribution in [2.45, 2.75) is 19.3 Å². The first-order chi connectivity index (χ1) is 12.1. The summed E-state index contributed by atoms with van der Waals surface area (Å²) in [5.74, 6) is -1.78. The van der Waals surface area contributed by atoms with Gasteiger partial charge in [0.1, 0.15) is 0 Å². The lowest BCUT2D eigenvalue weighted by molar-refractivity contribution is -0.149. The van der Waals surface area contributed by atoms with Crippen LogP contribution in [0.3, 0.4) is 0 Å². The summed E-state index contributed by atoms with van der Waals surface area (Å²) < 4.78 is 23.2. The molecular formula is C19H18FNO4. The summed E-state index contributed by atoms with van der Waals surface area (Å²) >= 11 is 0. The van der Waals surface area contributed by atoms with Gasteiger partial charge in [-0.05, 0) is 54.7 Å². The SMILES string of the molecule is O=C(COC(=O)COc1ccccc1F)Nc1ccc2c(c1)CCC2. The molecule has 0 saturated carbocycles. The van der Waals surface area contributed by atoms with Gasteiger partial charge >= 0.3 is 5.97 Å². The fourth-order valence-electron chi connectivity index (χ4n) is 2.73. The normalized spacial score (nSPS) is 12.4. The first-order valence-corrected chi connectivity index (χ1v) is 8.06. The van der Waals surface area contributed by atoms with Crippen molar-refractivity contribution < 1.29 is 23.5 Å². The van der Waals surface area contributed by atoms with E-state index in [0.29, 0.717) is 5.69 Å². The maximum Gasteiger partial charge on any atom is 0.344 e. The molecule has 2 aromatic rings. The second-order valence-electron chi connectivity index (χ2n) is 5.76. The van der Waals surface area contributed by atoms with Crippen molar-refractivity contribution >= 4 is 17.6 Å². The molecule has 130 valence electrons. The molecule has 1 aliphatic rings. The number of anilines is 1. The zero-order valence-electron chi connectivity index (χ0n) is 13.6. The Morgan fingerprint density at radius 1 is 1.04 bits per heavy atom. The monoisotopic (exact) mass is 343 g/mol. The number of ether oxygens (including phenoxy) is 2. The largest absolute Gasteiger partial charge is 0.479 e. The number of carbonyl (C=O) groups is 2. The van der Waals surface area contributed by atoms with E-state index in [4.69, 9.17) is 9.47 Å². The van der Waals surface area contributed by atoms with E-state index in [0.717, 1.165) is 19.3 Å². The van der Waals surface area contributed by atoms with Gasteiger partial charge in [-0.2, -0.15) is 0 Å². The van der Waals surface area contributed by atoms with E-state index in [9.17, 15) is 14.0 Å². The van der Waals surface area contributed by atoms with E-state index >= 15 is 0 Å². The van der Waals surface area contributed by atoms with E-state index in [2.05, 4.69) is 5.32 Å². The van der Waals surface area contributed by atoms with Crippen molar-refractivity contribution in [2.24, 2.45) is 0 Å². The number of nitrogens with one attached hydrogen (secondary N) is 1. The van der Waals surface area contributed by atoms with E-state index in [1.807, 2.05) is 18.2 Å². The van der Waals surface area contributed by atoms with Crippen LogP contribution in [0.15, 0.2) is 42.5 Å². The van der Waals surface area contributed by atoms with Crippen LogP contribution in [0, 0.1) is 5.82 Å². The van der Waals surface area contributed by atoms with Gasteiger partial charge in [0.05, 0.1) is 0 Å². The van der Waals surface area contributed by atoms with Crippen molar-refractivity contribution in [1.82, 2.24) is 0 Å². The van der Waals surface area contributed by atoms with Crippen LogP contribution in [0.25, 0.3) is 0 Å². The minimum atomic E-state index is -0.743. The van der Waals surface area contributed by atoms with Gasteiger partial charge in [-0.1, -0.05) is 18.2 Å². The number of para-hydroxylation sites is 1. The molecule has 1 aliphatic carbocycles. The van der Waals surface area contributed by atoms with E-state index < -0.39 is 30.9 Å². The second-order valence-corrected chi connectivity index (χ2v) is 5.76. The molecule has 1 amide bonds. The third-order valence-electron chi connectivity index (χ3n) is 3.93. The maximum atomic E-state index is 13.3. The number of fused-ring (bicyclic) bond motifs is 1.